The zero-order chi connectivity index (χ0) is 15.3. The molecule has 0 spiro atoms. The Morgan fingerprint density at radius 2 is 1.90 bits per heavy atom. The monoisotopic (exact) mass is 288 g/mol. The van der Waals surface area contributed by atoms with Crippen molar-refractivity contribution >= 4 is 17.5 Å². The van der Waals surface area contributed by atoms with Crippen LogP contribution in [0, 0.1) is 0 Å². The predicted octanol–water partition coefficient (Wildman–Crippen LogP) is 2.50. The lowest BCUT2D eigenvalue weighted by molar-refractivity contribution is -0.123. The molecule has 0 aliphatic carbocycles. The third-order valence-corrected chi connectivity index (χ3v) is 2.51. The topological polar surface area (TPSA) is 58.2 Å². The summed E-state index contributed by atoms with van der Waals surface area (Å²) in [5.41, 5.74) is 1.29. The number of rotatable bonds is 4. The number of carbonyl (C=O) groups is 2. The van der Waals surface area contributed by atoms with Crippen molar-refractivity contribution in [3.63, 3.8) is 0 Å². The van der Waals surface area contributed by atoms with Crippen LogP contribution in [-0.4, -0.2) is 24.5 Å². The Morgan fingerprint density at radius 3 is 2.40 bits per heavy atom. The van der Waals surface area contributed by atoms with Crippen LogP contribution in [0.5, 0.6) is 0 Å². The molecule has 1 rings (SSSR count). The van der Waals surface area contributed by atoms with Gasteiger partial charge in [-0.25, -0.2) is 0 Å². The van der Waals surface area contributed by atoms with Crippen molar-refractivity contribution in [2.24, 2.45) is 0 Å². The number of amides is 2. The lowest BCUT2D eigenvalue weighted by atomic mass is 10.1. The molecule has 0 aromatic heterocycles. The van der Waals surface area contributed by atoms with Gasteiger partial charge >= 0.3 is 6.18 Å². The summed E-state index contributed by atoms with van der Waals surface area (Å²) in [6.07, 6.45) is -3.83. The Bertz CT molecular complexity index is 513. The van der Waals surface area contributed by atoms with E-state index in [4.69, 9.17) is 0 Å². The Kier molecular flexibility index (Phi) is 5.12. The van der Waals surface area contributed by atoms with Gasteiger partial charge in [0.15, 0.2) is 0 Å². The van der Waals surface area contributed by atoms with Crippen LogP contribution in [0.3, 0.4) is 0 Å². The van der Waals surface area contributed by atoms with E-state index in [1.54, 1.807) is 11.4 Å². The predicted molar refractivity (Wildman–Crippen MR) is 68.5 cm³/mol. The molecular formula is C13H15F3N2O2. The summed E-state index contributed by atoms with van der Waals surface area (Å²) in [5.74, 6) is -1.15. The zero-order valence-corrected chi connectivity index (χ0v) is 11.1. The molecule has 0 saturated heterocycles. The standard InChI is InChI=1S/C13H15F3N2O2/c1-3-9-4-5-10(6-11(9)18-8(2)19)12(20)17-7-13(14,15)16/h4-6H,3,7H2,1-2H3,(H,17,20)(H,18,19). The van der Waals surface area contributed by atoms with Gasteiger partial charge in [0.05, 0.1) is 0 Å². The first-order valence-electron chi connectivity index (χ1n) is 5.98. The molecule has 20 heavy (non-hydrogen) atoms. The minimum atomic E-state index is -4.46. The van der Waals surface area contributed by atoms with Gasteiger partial charge in [-0.15, -0.1) is 0 Å². The molecule has 2 N–H and O–H groups in total. The largest absolute Gasteiger partial charge is 0.405 e. The third-order valence-electron chi connectivity index (χ3n) is 2.51. The number of hydrogen-bond acceptors (Lipinski definition) is 2. The Morgan fingerprint density at radius 1 is 1.25 bits per heavy atom. The SMILES string of the molecule is CCc1ccc(C(=O)NCC(F)(F)F)cc1NC(C)=O. The van der Waals surface area contributed by atoms with Gasteiger partial charge in [0, 0.05) is 18.2 Å². The minimum Gasteiger partial charge on any atom is -0.343 e. The van der Waals surface area contributed by atoms with Crippen molar-refractivity contribution in [2.45, 2.75) is 26.4 Å². The molecule has 0 radical (unpaired) electrons. The summed E-state index contributed by atoms with van der Waals surface area (Å²) < 4.78 is 36.1. The summed E-state index contributed by atoms with van der Waals surface area (Å²) in [7, 11) is 0. The van der Waals surface area contributed by atoms with Crippen LogP contribution in [0.2, 0.25) is 0 Å². The molecule has 0 aliphatic rings. The molecule has 0 heterocycles. The highest BCUT2D eigenvalue weighted by Crippen LogP contribution is 2.19. The average Bonchev–Trinajstić information content (AvgIpc) is 2.34. The lowest BCUT2D eigenvalue weighted by Gasteiger charge is -2.12. The molecule has 1 aromatic carbocycles. The molecule has 0 unspecified atom stereocenters. The normalized spacial score (nSPS) is 11.1. The number of carbonyl (C=O) groups excluding carboxylic acids is 2. The highest BCUT2D eigenvalue weighted by Gasteiger charge is 2.28. The van der Waals surface area contributed by atoms with Crippen LogP contribution in [0.4, 0.5) is 18.9 Å². The smallest absolute Gasteiger partial charge is 0.343 e. The maximum absolute atomic E-state index is 12.0. The van der Waals surface area contributed by atoms with Gasteiger partial charge in [-0.3, -0.25) is 9.59 Å². The van der Waals surface area contributed by atoms with Crippen LogP contribution in [-0.2, 0) is 11.2 Å². The van der Waals surface area contributed by atoms with Gasteiger partial charge in [-0.1, -0.05) is 13.0 Å². The van der Waals surface area contributed by atoms with E-state index in [1.807, 2.05) is 6.92 Å². The first-order valence-corrected chi connectivity index (χ1v) is 5.98. The van der Waals surface area contributed by atoms with Gasteiger partial charge < -0.3 is 10.6 Å². The van der Waals surface area contributed by atoms with Crippen LogP contribution in [0.15, 0.2) is 18.2 Å². The second-order valence-electron chi connectivity index (χ2n) is 4.20. The molecule has 2 amide bonds. The van der Waals surface area contributed by atoms with Gasteiger partial charge in [0.1, 0.15) is 6.54 Å². The van der Waals surface area contributed by atoms with Crippen LogP contribution in [0.1, 0.15) is 29.8 Å². The van der Waals surface area contributed by atoms with E-state index in [1.165, 1.54) is 19.1 Å². The third kappa shape index (κ3) is 4.91. The summed E-state index contributed by atoms with van der Waals surface area (Å²) >= 11 is 0. The van der Waals surface area contributed by atoms with Crippen LogP contribution in [0.25, 0.3) is 0 Å². The Labute approximate surface area is 114 Å². The maximum Gasteiger partial charge on any atom is 0.405 e. The van der Waals surface area contributed by atoms with E-state index in [9.17, 15) is 22.8 Å². The first-order chi connectivity index (χ1) is 9.23. The molecule has 0 aliphatic heterocycles. The van der Waals surface area contributed by atoms with Gasteiger partial charge in [0.2, 0.25) is 5.91 Å². The average molecular weight is 288 g/mol. The molecule has 0 fully saturated rings. The summed E-state index contributed by atoms with van der Waals surface area (Å²) in [6.45, 7) is 1.79. The van der Waals surface area contributed by atoms with Gasteiger partial charge in [-0.05, 0) is 24.1 Å². The minimum absolute atomic E-state index is 0.0650. The fourth-order valence-corrected chi connectivity index (χ4v) is 1.61. The van der Waals surface area contributed by atoms with E-state index in [0.29, 0.717) is 12.1 Å². The molecule has 0 bridgehead atoms. The Hall–Kier alpha value is -2.05. The number of anilines is 1. The molecule has 0 saturated carbocycles. The molecule has 4 nitrogen and oxygen atoms in total. The number of nitrogens with one attached hydrogen (secondary N) is 2. The quantitative estimate of drug-likeness (QED) is 0.894. The summed E-state index contributed by atoms with van der Waals surface area (Å²) in [4.78, 5) is 22.7. The second-order valence-corrected chi connectivity index (χ2v) is 4.20. The van der Waals surface area contributed by atoms with E-state index < -0.39 is 18.6 Å². The number of hydrogen-bond donors (Lipinski definition) is 2. The van der Waals surface area contributed by atoms with Crippen LogP contribution >= 0.6 is 0 Å². The van der Waals surface area contributed by atoms with Crippen molar-refractivity contribution < 1.29 is 22.8 Å². The lowest BCUT2D eigenvalue weighted by Crippen LogP contribution is -2.33. The number of alkyl halides is 3. The highest BCUT2D eigenvalue weighted by molar-refractivity contribution is 5.97. The highest BCUT2D eigenvalue weighted by atomic mass is 19.4. The Balaban J connectivity index is 2.90. The number of halogens is 3. The van der Waals surface area contributed by atoms with Crippen molar-refractivity contribution in [3.05, 3.63) is 29.3 Å². The van der Waals surface area contributed by atoms with Gasteiger partial charge in [-0.2, -0.15) is 13.2 Å². The molecule has 7 heteroatoms. The van der Waals surface area contributed by atoms with E-state index in [2.05, 4.69) is 5.32 Å². The molecule has 1 aromatic rings. The van der Waals surface area contributed by atoms with Crippen molar-refractivity contribution in [1.29, 1.82) is 0 Å². The van der Waals surface area contributed by atoms with Crippen molar-refractivity contribution in [1.82, 2.24) is 5.32 Å². The number of aryl methyl sites for hydroxylation is 1. The maximum atomic E-state index is 12.0. The van der Waals surface area contributed by atoms with E-state index in [0.717, 1.165) is 5.56 Å². The summed E-state index contributed by atoms with van der Waals surface area (Å²) in [6, 6.07) is 4.40. The van der Waals surface area contributed by atoms with Crippen molar-refractivity contribution in [3.8, 4) is 0 Å². The van der Waals surface area contributed by atoms with Gasteiger partial charge in [0.25, 0.3) is 5.91 Å². The van der Waals surface area contributed by atoms with Crippen LogP contribution < -0.4 is 10.6 Å². The van der Waals surface area contributed by atoms with E-state index >= 15 is 0 Å². The van der Waals surface area contributed by atoms with E-state index in [-0.39, 0.29) is 11.5 Å². The fraction of sp³-hybridized carbons (Fsp3) is 0.385. The second kappa shape index (κ2) is 6.40. The molecule has 0 atom stereocenters. The molecular weight excluding hydrogens is 273 g/mol. The van der Waals surface area contributed by atoms with Crippen molar-refractivity contribution in [2.75, 3.05) is 11.9 Å². The first kappa shape index (κ1) is 16.0. The number of benzene rings is 1. The molecule has 110 valence electrons. The summed E-state index contributed by atoms with van der Waals surface area (Å²) in [5, 5.41) is 4.33. The zero-order valence-electron chi connectivity index (χ0n) is 11.1. The fourth-order valence-electron chi connectivity index (χ4n) is 1.61.